The molecule has 0 atom stereocenters. The van der Waals surface area contributed by atoms with E-state index in [9.17, 15) is 4.79 Å². The van der Waals surface area contributed by atoms with Gasteiger partial charge >= 0.3 is 14.8 Å². The van der Waals surface area contributed by atoms with E-state index in [1.54, 1.807) is 14.2 Å². The van der Waals surface area contributed by atoms with Gasteiger partial charge in [0.2, 0.25) is 0 Å². The lowest BCUT2D eigenvalue weighted by molar-refractivity contribution is -0.154. The Hall–Kier alpha value is -0.433. The first-order chi connectivity index (χ1) is 9.43. The number of hydrogen-bond donors (Lipinski definition) is 0. The van der Waals surface area contributed by atoms with Crippen LogP contribution in [0.2, 0.25) is 6.04 Å². The van der Waals surface area contributed by atoms with Crippen LogP contribution in [0.4, 0.5) is 0 Å². The topological polar surface area (TPSA) is 54.0 Å². The summed E-state index contributed by atoms with van der Waals surface area (Å²) in [6.45, 7) is 11.6. The molecule has 0 heterocycles. The van der Waals surface area contributed by atoms with E-state index in [-0.39, 0.29) is 11.6 Å². The summed E-state index contributed by atoms with van der Waals surface area (Å²) in [6.07, 6.45) is 1.96. The quantitative estimate of drug-likeness (QED) is 0.389. The van der Waals surface area contributed by atoms with Crippen molar-refractivity contribution in [3.63, 3.8) is 0 Å². The highest BCUT2D eigenvalue weighted by Crippen LogP contribution is 2.24. The summed E-state index contributed by atoms with van der Waals surface area (Å²) in [5.41, 5.74) is -0.743. The SMILES string of the molecule is CO[Si](CCCCC(=O)OC(C)(C)C)(OC)OC(C)(C)C. The van der Waals surface area contributed by atoms with Crippen LogP contribution < -0.4 is 0 Å². The third-order valence-corrected chi connectivity index (χ3v) is 5.75. The summed E-state index contributed by atoms with van der Waals surface area (Å²) < 4.78 is 22.3. The molecule has 0 saturated heterocycles. The third kappa shape index (κ3) is 10.0. The molecule has 0 aromatic heterocycles. The van der Waals surface area contributed by atoms with Crippen LogP contribution in [0.25, 0.3) is 0 Å². The maximum atomic E-state index is 11.6. The lowest BCUT2D eigenvalue weighted by atomic mass is 10.2. The van der Waals surface area contributed by atoms with Gasteiger partial charge in [-0.25, -0.2) is 0 Å². The second kappa shape index (κ2) is 8.27. The van der Waals surface area contributed by atoms with E-state index in [1.807, 2.05) is 41.5 Å². The van der Waals surface area contributed by atoms with Gasteiger partial charge in [0.1, 0.15) is 5.60 Å². The number of carbonyl (C=O) groups is 1. The Labute approximate surface area is 130 Å². The Morgan fingerprint density at radius 1 is 0.905 bits per heavy atom. The molecule has 0 bridgehead atoms. The Bertz CT molecular complexity index is 313. The third-order valence-electron chi connectivity index (χ3n) is 2.62. The van der Waals surface area contributed by atoms with Crippen LogP contribution in [-0.4, -0.2) is 40.2 Å². The first kappa shape index (κ1) is 20.6. The summed E-state index contributed by atoms with van der Waals surface area (Å²) in [7, 11) is 0.591. The molecule has 0 unspecified atom stereocenters. The van der Waals surface area contributed by atoms with Crippen molar-refractivity contribution < 1.29 is 22.8 Å². The zero-order valence-electron chi connectivity index (χ0n) is 14.9. The molecule has 0 saturated carbocycles. The maximum Gasteiger partial charge on any atom is 0.500 e. The molecule has 0 aromatic carbocycles. The molecule has 5 nitrogen and oxygen atoms in total. The monoisotopic (exact) mass is 320 g/mol. The van der Waals surface area contributed by atoms with Gasteiger partial charge in [-0.1, -0.05) is 0 Å². The van der Waals surface area contributed by atoms with Gasteiger partial charge < -0.3 is 18.0 Å². The molecule has 0 rings (SSSR count). The zero-order chi connectivity index (χ0) is 16.7. The minimum atomic E-state index is -2.65. The van der Waals surface area contributed by atoms with Crippen LogP contribution in [0.15, 0.2) is 0 Å². The van der Waals surface area contributed by atoms with E-state index in [0.717, 1.165) is 12.8 Å². The van der Waals surface area contributed by atoms with Gasteiger partial charge in [-0.2, -0.15) is 0 Å². The Morgan fingerprint density at radius 2 is 1.43 bits per heavy atom. The van der Waals surface area contributed by atoms with Crippen molar-refractivity contribution in [1.82, 2.24) is 0 Å². The molecule has 0 aliphatic carbocycles. The predicted octanol–water partition coefficient (Wildman–Crippen LogP) is 3.55. The Morgan fingerprint density at radius 3 is 1.81 bits per heavy atom. The second-order valence-electron chi connectivity index (χ2n) is 7.10. The van der Waals surface area contributed by atoms with Gasteiger partial charge in [-0.3, -0.25) is 4.79 Å². The van der Waals surface area contributed by atoms with E-state index >= 15 is 0 Å². The number of ether oxygens (including phenoxy) is 1. The molecule has 0 fully saturated rings. The van der Waals surface area contributed by atoms with Crippen LogP contribution in [0.5, 0.6) is 0 Å². The predicted molar refractivity (Wildman–Crippen MR) is 85.1 cm³/mol. The molecule has 0 aliphatic heterocycles. The first-order valence-corrected chi connectivity index (χ1v) is 9.38. The number of rotatable bonds is 8. The van der Waals surface area contributed by atoms with Crippen molar-refractivity contribution >= 4 is 14.8 Å². The summed E-state index contributed by atoms with van der Waals surface area (Å²) in [6, 6.07) is 0.695. The number of unbranched alkanes of at least 4 members (excludes halogenated alkanes) is 1. The van der Waals surface area contributed by atoms with Crippen LogP contribution in [0.1, 0.15) is 60.8 Å². The fourth-order valence-corrected chi connectivity index (χ4v) is 4.35. The molecule has 0 N–H and O–H groups in total. The molecule has 6 heteroatoms. The highest BCUT2D eigenvalue weighted by molar-refractivity contribution is 6.60. The average molecular weight is 321 g/mol. The minimum absolute atomic E-state index is 0.165. The van der Waals surface area contributed by atoms with Gasteiger partial charge in [-0.15, -0.1) is 0 Å². The second-order valence-corrected chi connectivity index (χ2v) is 9.99. The van der Waals surface area contributed by atoms with E-state index < -0.39 is 14.4 Å². The highest BCUT2D eigenvalue weighted by atomic mass is 28.4. The summed E-state index contributed by atoms with van der Waals surface area (Å²) >= 11 is 0. The average Bonchev–Trinajstić information content (AvgIpc) is 2.29. The lowest BCUT2D eigenvalue weighted by Crippen LogP contribution is -2.49. The van der Waals surface area contributed by atoms with E-state index in [0.29, 0.717) is 12.5 Å². The highest BCUT2D eigenvalue weighted by Gasteiger charge is 2.42. The van der Waals surface area contributed by atoms with Crippen molar-refractivity contribution in [3.05, 3.63) is 0 Å². The summed E-state index contributed by atoms with van der Waals surface area (Å²) in [4.78, 5) is 11.6. The standard InChI is InChI=1S/C15H32O5Si/c1-14(2,3)19-13(16)11-9-10-12-21(17-7,18-8)20-15(4,5)6/h9-12H2,1-8H3. The van der Waals surface area contributed by atoms with Crippen molar-refractivity contribution in [2.45, 2.75) is 78.1 Å². The van der Waals surface area contributed by atoms with Crippen LogP contribution in [0.3, 0.4) is 0 Å². The molecule has 0 aromatic rings. The smallest absolute Gasteiger partial charge is 0.460 e. The van der Waals surface area contributed by atoms with Crippen LogP contribution >= 0.6 is 0 Å². The van der Waals surface area contributed by atoms with E-state index in [1.165, 1.54) is 0 Å². The maximum absolute atomic E-state index is 11.6. The summed E-state index contributed by atoms with van der Waals surface area (Å²) in [5, 5.41) is 0. The lowest BCUT2D eigenvalue weighted by Gasteiger charge is -2.33. The van der Waals surface area contributed by atoms with Gasteiger partial charge in [-0.05, 0) is 54.4 Å². The van der Waals surface area contributed by atoms with Gasteiger partial charge in [0.05, 0.1) is 5.60 Å². The Kier molecular flexibility index (Phi) is 8.10. The number of carbonyl (C=O) groups excluding carboxylic acids is 1. The normalized spacial score (nSPS) is 13.3. The zero-order valence-corrected chi connectivity index (χ0v) is 15.9. The first-order valence-electron chi connectivity index (χ1n) is 7.45. The largest absolute Gasteiger partial charge is 0.500 e. The molecular weight excluding hydrogens is 288 g/mol. The van der Waals surface area contributed by atoms with Gasteiger partial charge in [0.25, 0.3) is 0 Å². The van der Waals surface area contributed by atoms with Crippen molar-refractivity contribution in [2.75, 3.05) is 14.2 Å². The minimum Gasteiger partial charge on any atom is -0.460 e. The van der Waals surface area contributed by atoms with Gasteiger partial charge in [0.15, 0.2) is 0 Å². The van der Waals surface area contributed by atoms with E-state index in [4.69, 9.17) is 18.0 Å². The molecule has 0 amide bonds. The fourth-order valence-electron chi connectivity index (χ4n) is 1.89. The molecule has 0 aliphatic rings. The van der Waals surface area contributed by atoms with Crippen LogP contribution in [-0.2, 0) is 22.8 Å². The molecule has 0 spiro atoms. The number of hydrogen-bond acceptors (Lipinski definition) is 5. The number of esters is 1. The molecule has 126 valence electrons. The van der Waals surface area contributed by atoms with Crippen molar-refractivity contribution in [3.8, 4) is 0 Å². The molecule has 21 heavy (non-hydrogen) atoms. The summed E-state index contributed by atoms with van der Waals surface area (Å²) in [5.74, 6) is -0.165. The fraction of sp³-hybridized carbons (Fsp3) is 0.933. The van der Waals surface area contributed by atoms with Gasteiger partial charge in [0, 0.05) is 26.7 Å². The molecule has 0 radical (unpaired) electrons. The Balaban J connectivity index is 4.25. The van der Waals surface area contributed by atoms with Crippen molar-refractivity contribution in [1.29, 1.82) is 0 Å². The molecular formula is C15H32O5Si. The van der Waals surface area contributed by atoms with Crippen molar-refractivity contribution in [2.24, 2.45) is 0 Å². The van der Waals surface area contributed by atoms with Crippen LogP contribution in [0, 0.1) is 0 Å². The van der Waals surface area contributed by atoms with E-state index in [2.05, 4.69) is 0 Å².